The van der Waals surface area contributed by atoms with E-state index >= 15 is 0 Å². The second-order valence-corrected chi connectivity index (χ2v) is 10.4. The van der Waals surface area contributed by atoms with Crippen molar-refractivity contribution >= 4 is 0 Å². The Bertz CT molecular complexity index is 638. The number of aliphatic hydroxyl groups is 1. The Labute approximate surface area is 157 Å². The van der Waals surface area contributed by atoms with E-state index in [4.69, 9.17) is 9.47 Å². The van der Waals surface area contributed by atoms with Gasteiger partial charge in [0.2, 0.25) is 0 Å². The third-order valence-electron chi connectivity index (χ3n) is 9.73. The molecule has 26 heavy (non-hydrogen) atoms. The summed E-state index contributed by atoms with van der Waals surface area (Å²) in [5.74, 6) is 2.39. The SMILES string of the molecule is C[C@]12CC[C@@](O)(C#N)C[C@H]1CC[C@@H]1[C@@H]2CC[C@@]2(C)[C@H]1CCC21OCCO1. The van der Waals surface area contributed by atoms with Crippen molar-refractivity contribution in [1.29, 1.82) is 5.26 Å². The van der Waals surface area contributed by atoms with Crippen molar-refractivity contribution in [2.45, 2.75) is 83.0 Å². The summed E-state index contributed by atoms with van der Waals surface area (Å²) in [7, 11) is 0. The smallest absolute Gasteiger partial charge is 0.174 e. The molecule has 0 radical (unpaired) electrons. The Morgan fingerprint density at radius 1 is 0.923 bits per heavy atom. The number of ether oxygens (including phenoxy) is 2. The molecule has 0 aromatic carbocycles. The summed E-state index contributed by atoms with van der Waals surface area (Å²) in [5, 5.41) is 20.0. The zero-order chi connectivity index (χ0) is 18.2. The summed E-state index contributed by atoms with van der Waals surface area (Å²) < 4.78 is 12.5. The summed E-state index contributed by atoms with van der Waals surface area (Å²) in [4.78, 5) is 0. The first-order valence-electron chi connectivity index (χ1n) is 10.8. The van der Waals surface area contributed by atoms with Crippen LogP contribution in [0, 0.1) is 45.8 Å². The average molecular weight is 360 g/mol. The van der Waals surface area contributed by atoms with Crippen molar-refractivity contribution in [3.63, 3.8) is 0 Å². The molecule has 0 aromatic rings. The summed E-state index contributed by atoms with van der Waals surface area (Å²) in [6.07, 6.45) is 9.51. The van der Waals surface area contributed by atoms with E-state index in [1.54, 1.807) is 0 Å². The third-order valence-corrected chi connectivity index (χ3v) is 9.73. The summed E-state index contributed by atoms with van der Waals surface area (Å²) in [5.41, 5.74) is -0.625. The van der Waals surface area contributed by atoms with E-state index in [-0.39, 0.29) is 11.2 Å². The molecule has 4 saturated carbocycles. The van der Waals surface area contributed by atoms with Crippen molar-refractivity contribution in [2.75, 3.05) is 13.2 Å². The van der Waals surface area contributed by atoms with Crippen LogP contribution in [0.3, 0.4) is 0 Å². The van der Waals surface area contributed by atoms with Gasteiger partial charge in [0.25, 0.3) is 0 Å². The van der Waals surface area contributed by atoms with Crippen molar-refractivity contribution in [2.24, 2.45) is 34.5 Å². The van der Waals surface area contributed by atoms with Gasteiger partial charge in [0.05, 0.1) is 19.3 Å². The molecule has 0 aromatic heterocycles. The Morgan fingerprint density at radius 2 is 1.65 bits per heavy atom. The van der Waals surface area contributed by atoms with E-state index < -0.39 is 5.60 Å². The molecule has 7 atom stereocenters. The first-order chi connectivity index (χ1) is 12.4. The molecular weight excluding hydrogens is 326 g/mol. The van der Waals surface area contributed by atoms with Crippen LogP contribution >= 0.6 is 0 Å². The Balaban J connectivity index is 1.43. The van der Waals surface area contributed by atoms with Gasteiger partial charge in [0.15, 0.2) is 11.4 Å². The molecule has 4 nitrogen and oxygen atoms in total. The normalized spacial score (nSPS) is 55.0. The molecule has 4 heteroatoms. The van der Waals surface area contributed by atoms with Gasteiger partial charge in [-0.25, -0.2) is 0 Å². The van der Waals surface area contributed by atoms with Gasteiger partial charge >= 0.3 is 0 Å². The molecule has 1 spiro atoms. The minimum absolute atomic E-state index is 0.163. The van der Waals surface area contributed by atoms with E-state index in [0.717, 1.165) is 37.9 Å². The molecule has 5 aliphatic rings. The van der Waals surface area contributed by atoms with Crippen molar-refractivity contribution in [3.05, 3.63) is 0 Å². The lowest BCUT2D eigenvalue weighted by Gasteiger charge is -2.61. The average Bonchev–Trinajstić information content (AvgIpc) is 3.22. The number of fused-ring (bicyclic) bond motifs is 6. The molecule has 1 aliphatic heterocycles. The highest BCUT2D eigenvalue weighted by atomic mass is 16.7. The standard InChI is InChI=1S/C22H33NO3/c1-19-9-10-21(24,14-23)13-15(19)3-4-16-17(19)5-7-20(2)18(16)6-8-22(20)25-11-12-26-22/h15-18,24H,3-13H2,1-2H3/t15-,16-,17+,18+,19+,20+,21+/m1/s1. The molecular formula is C22H33NO3. The summed E-state index contributed by atoms with van der Waals surface area (Å²) >= 11 is 0. The van der Waals surface area contributed by atoms with Crippen molar-refractivity contribution < 1.29 is 14.6 Å². The quantitative estimate of drug-likeness (QED) is 0.663. The summed E-state index contributed by atoms with van der Waals surface area (Å²) in [6, 6.07) is 2.20. The first kappa shape index (κ1) is 17.5. The molecule has 0 bridgehead atoms. The van der Waals surface area contributed by atoms with Crippen LogP contribution < -0.4 is 0 Å². The molecule has 144 valence electrons. The van der Waals surface area contributed by atoms with Gasteiger partial charge in [-0.1, -0.05) is 13.8 Å². The largest absolute Gasteiger partial charge is 0.375 e. The van der Waals surface area contributed by atoms with E-state index in [1.807, 2.05) is 0 Å². The Hall–Kier alpha value is -0.630. The van der Waals surface area contributed by atoms with E-state index in [1.165, 1.54) is 32.1 Å². The second kappa shape index (κ2) is 5.46. The fourth-order valence-corrected chi connectivity index (χ4v) is 8.23. The predicted octanol–water partition coefficient (Wildman–Crippen LogP) is 4.03. The number of hydrogen-bond donors (Lipinski definition) is 1. The zero-order valence-corrected chi connectivity index (χ0v) is 16.3. The molecule has 4 aliphatic carbocycles. The van der Waals surface area contributed by atoms with Gasteiger partial charge in [0.1, 0.15) is 0 Å². The maximum atomic E-state index is 10.6. The van der Waals surface area contributed by atoms with Gasteiger partial charge in [-0.2, -0.15) is 5.26 Å². The molecule has 0 amide bonds. The highest BCUT2D eigenvalue weighted by Gasteiger charge is 2.67. The number of nitriles is 1. The highest BCUT2D eigenvalue weighted by Crippen LogP contribution is 2.69. The van der Waals surface area contributed by atoms with Gasteiger partial charge < -0.3 is 14.6 Å². The van der Waals surface area contributed by atoms with Crippen molar-refractivity contribution in [3.8, 4) is 6.07 Å². The fourth-order valence-electron chi connectivity index (χ4n) is 8.23. The maximum absolute atomic E-state index is 10.6. The second-order valence-electron chi connectivity index (χ2n) is 10.4. The minimum atomic E-state index is -1.08. The van der Waals surface area contributed by atoms with Crippen LogP contribution in [0.1, 0.15) is 71.6 Å². The maximum Gasteiger partial charge on any atom is 0.174 e. The monoisotopic (exact) mass is 359 g/mol. The number of hydrogen-bond acceptors (Lipinski definition) is 4. The van der Waals surface area contributed by atoms with Crippen LogP contribution in [0.2, 0.25) is 0 Å². The molecule has 1 N–H and O–H groups in total. The minimum Gasteiger partial charge on any atom is -0.375 e. The lowest BCUT2D eigenvalue weighted by atomic mass is 9.44. The van der Waals surface area contributed by atoms with E-state index in [2.05, 4.69) is 19.9 Å². The van der Waals surface area contributed by atoms with Crippen LogP contribution in [-0.4, -0.2) is 29.7 Å². The lowest BCUT2D eigenvalue weighted by molar-refractivity contribution is -0.248. The number of nitrogens with zero attached hydrogens (tertiary/aromatic N) is 1. The third kappa shape index (κ3) is 2.06. The van der Waals surface area contributed by atoms with Crippen LogP contribution in [0.15, 0.2) is 0 Å². The topological polar surface area (TPSA) is 62.5 Å². The number of rotatable bonds is 0. The molecule has 0 unspecified atom stereocenters. The fraction of sp³-hybridized carbons (Fsp3) is 0.955. The van der Waals surface area contributed by atoms with Gasteiger partial charge in [0, 0.05) is 11.8 Å². The predicted molar refractivity (Wildman–Crippen MR) is 96.9 cm³/mol. The van der Waals surface area contributed by atoms with Gasteiger partial charge in [-0.3, -0.25) is 0 Å². The van der Waals surface area contributed by atoms with Gasteiger partial charge in [-0.15, -0.1) is 0 Å². The highest BCUT2D eigenvalue weighted by molar-refractivity contribution is 5.15. The molecule has 5 rings (SSSR count). The van der Waals surface area contributed by atoms with E-state index in [9.17, 15) is 10.4 Å². The van der Waals surface area contributed by atoms with Crippen LogP contribution in [0.4, 0.5) is 0 Å². The molecule has 5 fully saturated rings. The first-order valence-corrected chi connectivity index (χ1v) is 10.8. The lowest BCUT2D eigenvalue weighted by Crippen LogP contribution is -2.58. The van der Waals surface area contributed by atoms with Gasteiger partial charge in [-0.05, 0) is 80.5 Å². The zero-order valence-electron chi connectivity index (χ0n) is 16.3. The van der Waals surface area contributed by atoms with Crippen LogP contribution in [0.25, 0.3) is 0 Å². The molecule has 1 saturated heterocycles. The Morgan fingerprint density at radius 3 is 2.38 bits per heavy atom. The van der Waals surface area contributed by atoms with Crippen LogP contribution in [0.5, 0.6) is 0 Å². The van der Waals surface area contributed by atoms with Crippen molar-refractivity contribution in [1.82, 2.24) is 0 Å². The van der Waals surface area contributed by atoms with Crippen LogP contribution in [-0.2, 0) is 9.47 Å². The summed E-state index contributed by atoms with van der Waals surface area (Å²) in [6.45, 7) is 6.42. The van der Waals surface area contributed by atoms with E-state index in [0.29, 0.717) is 30.1 Å². The molecule has 1 heterocycles. The Kier molecular flexibility index (Phi) is 3.67.